The van der Waals surface area contributed by atoms with Crippen LogP contribution in [-0.4, -0.2) is 46.7 Å². The second kappa shape index (κ2) is 6.37. The Balaban J connectivity index is 1.53. The SMILES string of the molecule is Cc1cn(C)c([C@H]2CN(C(=O)C3=Cc4ccccc4OC3)CCO2)n1. The van der Waals surface area contributed by atoms with Crippen molar-refractivity contribution in [1.29, 1.82) is 0 Å². The molecule has 1 aromatic heterocycles. The van der Waals surface area contributed by atoms with Gasteiger partial charge in [-0.2, -0.15) is 0 Å². The van der Waals surface area contributed by atoms with Gasteiger partial charge in [0.25, 0.3) is 5.91 Å². The molecule has 0 radical (unpaired) electrons. The van der Waals surface area contributed by atoms with Gasteiger partial charge in [-0.25, -0.2) is 4.98 Å². The number of hydrogen-bond acceptors (Lipinski definition) is 4. The molecule has 0 spiro atoms. The molecule has 2 aromatic rings. The average molecular weight is 339 g/mol. The molecule has 1 amide bonds. The van der Waals surface area contributed by atoms with Crippen molar-refractivity contribution >= 4 is 12.0 Å². The molecule has 130 valence electrons. The van der Waals surface area contributed by atoms with E-state index in [9.17, 15) is 4.79 Å². The van der Waals surface area contributed by atoms with E-state index in [4.69, 9.17) is 9.47 Å². The number of imidazole rings is 1. The summed E-state index contributed by atoms with van der Waals surface area (Å²) < 4.78 is 13.5. The highest BCUT2D eigenvalue weighted by Gasteiger charge is 2.30. The lowest BCUT2D eigenvalue weighted by atomic mass is 10.1. The van der Waals surface area contributed by atoms with Gasteiger partial charge in [0.1, 0.15) is 24.3 Å². The van der Waals surface area contributed by atoms with Crippen LogP contribution in [0.15, 0.2) is 36.0 Å². The lowest BCUT2D eigenvalue weighted by Crippen LogP contribution is -2.44. The summed E-state index contributed by atoms with van der Waals surface area (Å²) in [4.78, 5) is 19.3. The van der Waals surface area contributed by atoms with Crippen LogP contribution in [0, 0.1) is 6.92 Å². The molecule has 1 aromatic carbocycles. The lowest BCUT2D eigenvalue weighted by molar-refractivity contribution is -0.135. The number of benzene rings is 1. The molecule has 0 N–H and O–H groups in total. The van der Waals surface area contributed by atoms with Crippen LogP contribution in [0.2, 0.25) is 0 Å². The Hall–Kier alpha value is -2.60. The number of rotatable bonds is 2. The molecule has 25 heavy (non-hydrogen) atoms. The molecule has 2 aliphatic rings. The minimum absolute atomic E-state index is 0.00809. The Kier molecular flexibility index (Phi) is 4.05. The van der Waals surface area contributed by atoms with Gasteiger partial charge in [-0.1, -0.05) is 18.2 Å². The van der Waals surface area contributed by atoms with Crippen LogP contribution in [0.3, 0.4) is 0 Å². The first-order valence-electron chi connectivity index (χ1n) is 8.45. The van der Waals surface area contributed by atoms with Crippen LogP contribution in [0.25, 0.3) is 6.08 Å². The van der Waals surface area contributed by atoms with Crippen LogP contribution in [0.4, 0.5) is 0 Å². The first-order valence-corrected chi connectivity index (χ1v) is 8.45. The van der Waals surface area contributed by atoms with Gasteiger partial charge >= 0.3 is 0 Å². The van der Waals surface area contributed by atoms with E-state index in [1.807, 2.05) is 60.0 Å². The highest BCUT2D eigenvalue weighted by Crippen LogP contribution is 2.28. The lowest BCUT2D eigenvalue weighted by Gasteiger charge is -2.33. The molecule has 1 saturated heterocycles. The fourth-order valence-electron chi connectivity index (χ4n) is 3.37. The summed E-state index contributed by atoms with van der Waals surface area (Å²) in [5, 5.41) is 0. The Morgan fingerprint density at radius 2 is 2.16 bits per heavy atom. The smallest absolute Gasteiger partial charge is 0.253 e. The van der Waals surface area contributed by atoms with Crippen molar-refractivity contribution < 1.29 is 14.3 Å². The fourth-order valence-corrected chi connectivity index (χ4v) is 3.37. The highest BCUT2D eigenvalue weighted by molar-refractivity contribution is 5.99. The van der Waals surface area contributed by atoms with E-state index in [0.29, 0.717) is 31.9 Å². The minimum atomic E-state index is -0.200. The minimum Gasteiger partial charge on any atom is -0.488 e. The number of carbonyl (C=O) groups excluding carboxylic acids is 1. The summed E-state index contributed by atoms with van der Waals surface area (Å²) in [7, 11) is 1.95. The van der Waals surface area contributed by atoms with E-state index in [1.54, 1.807) is 0 Å². The number of amides is 1. The van der Waals surface area contributed by atoms with Gasteiger partial charge in [0.15, 0.2) is 0 Å². The van der Waals surface area contributed by atoms with Crippen LogP contribution < -0.4 is 4.74 Å². The van der Waals surface area contributed by atoms with Crippen molar-refractivity contribution in [2.45, 2.75) is 13.0 Å². The number of para-hydroxylation sites is 1. The van der Waals surface area contributed by atoms with Crippen molar-refractivity contribution in [3.05, 3.63) is 53.1 Å². The largest absolute Gasteiger partial charge is 0.488 e. The maximum Gasteiger partial charge on any atom is 0.253 e. The monoisotopic (exact) mass is 339 g/mol. The summed E-state index contributed by atoms with van der Waals surface area (Å²) in [5.74, 6) is 1.69. The predicted molar refractivity (Wildman–Crippen MR) is 93.1 cm³/mol. The Bertz CT molecular complexity index is 840. The maximum absolute atomic E-state index is 12.9. The van der Waals surface area contributed by atoms with Crippen molar-refractivity contribution in [1.82, 2.24) is 14.5 Å². The Labute approximate surface area is 146 Å². The topological polar surface area (TPSA) is 56.6 Å². The van der Waals surface area contributed by atoms with Gasteiger partial charge in [0.2, 0.25) is 0 Å². The number of morpholine rings is 1. The zero-order valence-corrected chi connectivity index (χ0v) is 14.4. The highest BCUT2D eigenvalue weighted by atomic mass is 16.5. The van der Waals surface area contributed by atoms with Crippen LogP contribution in [0.5, 0.6) is 5.75 Å². The Morgan fingerprint density at radius 3 is 2.96 bits per heavy atom. The number of nitrogens with zero attached hydrogens (tertiary/aromatic N) is 3. The van der Waals surface area contributed by atoms with Crippen LogP contribution in [-0.2, 0) is 16.6 Å². The van der Waals surface area contributed by atoms with E-state index >= 15 is 0 Å². The fraction of sp³-hybridized carbons (Fsp3) is 0.368. The first kappa shape index (κ1) is 15.9. The second-order valence-corrected chi connectivity index (χ2v) is 6.46. The summed E-state index contributed by atoms with van der Waals surface area (Å²) in [5.41, 5.74) is 2.57. The predicted octanol–water partition coefficient (Wildman–Crippen LogP) is 2.10. The number of hydrogen-bond donors (Lipinski definition) is 0. The summed E-state index contributed by atoms with van der Waals surface area (Å²) in [6.07, 6.45) is 3.69. The quantitative estimate of drug-likeness (QED) is 0.841. The van der Waals surface area contributed by atoms with Crippen LogP contribution >= 0.6 is 0 Å². The molecule has 0 aliphatic carbocycles. The molecule has 0 bridgehead atoms. The van der Waals surface area contributed by atoms with Crippen molar-refractivity contribution in [2.24, 2.45) is 7.05 Å². The molecule has 3 heterocycles. The molecular weight excluding hydrogens is 318 g/mol. The molecule has 6 nitrogen and oxygen atoms in total. The van der Waals surface area contributed by atoms with E-state index < -0.39 is 0 Å². The van der Waals surface area contributed by atoms with E-state index in [-0.39, 0.29) is 12.0 Å². The van der Waals surface area contributed by atoms with Crippen molar-refractivity contribution in [3.8, 4) is 5.75 Å². The van der Waals surface area contributed by atoms with Gasteiger partial charge in [-0.15, -0.1) is 0 Å². The third-order valence-electron chi connectivity index (χ3n) is 4.58. The molecule has 1 atom stereocenters. The van der Waals surface area contributed by atoms with Gasteiger partial charge < -0.3 is 18.9 Å². The average Bonchev–Trinajstić information content (AvgIpc) is 2.99. The molecular formula is C19H21N3O3. The molecule has 0 unspecified atom stereocenters. The van der Waals surface area contributed by atoms with E-state index in [1.165, 1.54) is 0 Å². The molecule has 2 aliphatic heterocycles. The number of ether oxygens (including phenoxy) is 2. The molecule has 6 heteroatoms. The van der Waals surface area contributed by atoms with Crippen molar-refractivity contribution in [3.63, 3.8) is 0 Å². The summed E-state index contributed by atoms with van der Waals surface area (Å²) in [6.45, 7) is 3.85. The maximum atomic E-state index is 12.9. The summed E-state index contributed by atoms with van der Waals surface area (Å²) in [6, 6.07) is 7.75. The zero-order chi connectivity index (χ0) is 17.4. The molecule has 1 fully saturated rings. The van der Waals surface area contributed by atoms with Gasteiger partial charge in [-0.05, 0) is 19.1 Å². The van der Waals surface area contributed by atoms with E-state index in [0.717, 1.165) is 22.8 Å². The third kappa shape index (κ3) is 3.05. The zero-order valence-electron chi connectivity index (χ0n) is 14.4. The second-order valence-electron chi connectivity index (χ2n) is 6.46. The van der Waals surface area contributed by atoms with Crippen molar-refractivity contribution in [2.75, 3.05) is 26.3 Å². The summed E-state index contributed by atoms with van der Waals surface area (Å²) >= 11 is 0. The number of aromatic nitrogens is 2. The first-order chi connectivity index (χ1) is 12.1. The van der Waals surface area contributed by atoms with Gasteiger partial charge in [0.05, 0.1) is 24.4 Å². The number of fused-ring (bicyclic) bond motifs is 1. The third-order valence-corrected chi connectivity index (χ3v) is 4.58. The number of aryl methyl sites for hydroxylation is 2. The Morgan fingerprint density at radius 1 is 1.32 bits per heavy atom. The normalized spacial score (nSPS) is 19.8. The van der Waals surface area contributed by atoms with Gasteiger partial charge in [0, 0.05) is 25.4 Å². The standard InChI is InChI=1S/C19H21N3O3/c1-13-10-21(2)18(20-13)17-11-22(7-8-24-17)19(23)15-9-14-5-3-4-6-16(14)25-12-15/h3-6,9-10,17H,7-8,11-12H2,1-2H3/t17-/m1/s1. The number of carbonyl (C=O) groups is 1. The molecule has 0 saturated carbocycles. The molecule has 4 rings (SSSR count). The van der Waals surface area contributed by atoms with Crippen LogP contribution in [0.1, 0.15) is 23.2 Å². The van der Waals surface area contributed by atoms with E-state index in [2.05, 4.69) is 4.98 Å². The van der Waals surface area contributed by atoms with Gasteiger partial charge in [-0.3, -0.25) is 4.79 Å².